The van der Waals surface area contributed by atoms with Crippen molar-refractivity contribution in [2.75, 3.05) is 5.32 Å². The maximum absolute atomic E-state index is 13.1. The third-order valence-electron chi connectivity index (χ3n) is 3.71. The van der Waals surface area contributed by atoms with Gasteiger partial charge in [-0.25, -0.2) is 4.39 Å². The molecule has 1 amide bonds. The SMILES string of the molecule is CC[C@@H](N[C@@H](C)C(=O)Nc1ccc(F)cc1Cl)c1ccc(Br)cc1. The number of anilines is 1. The highest BCUT2D eigenvalue weighted by atomic mass is 79.9. The van der Waals surface area contributed by atoms with Gasteiger partial charge < -0.3 is 5.32 Å². The number of nitrogens with one attached hydrogen (secondary N) is 2. The van der Waals surface area contributed by atoms with Gasteiger partial charge in [-0.2, -0.15) is 0 Å². The number of amides is 1. The highest BCUT2D eigenvalue weighted by molar-refractivity contribution is 9.10. The van der Waals surface area contributed by atoms with Crippen LogP contribution in [0.15, 0.2) is 46.9 Å². The van der Waals surface area contributed by atoms with Gasteiger partial charge in [-0.3, -0.25) is 10.1 Å². The molecule has 0 aromatic heterocycles. The van der Waals surface area contributed by atoms with Gasteiger partial charge in [-0.15, -0.1) is 0 Å². The number of hydrogen-bond donors (Lipinski definition) is 2. The average Bonchev–Trinajstić information content (AvgIpc) is 2.55. The second-order valence-corrected chi connectivity index (χ2v) is 6.84. The van der Waals surface area contributed by atoms with Gasteiger partial charge in [-0.05, 0) is 49.2 Å². The molecule has 128 valence electrons. The third-order valence-corrected chi connectivity index (χ3v) is 4.56. The summed E-state index contributed by atoms with van der Waals surface area (Å²) in [5, 5.41) is 6.20. The summed E-state index contributed by atoms with van der Waals surface area (Å²) in [6, 6.07) is 11.5. The number of carbonyl (C=O) groups is 1. The first-order valence-corrected chi connectivity index (χ1v) is 8.85. The van der Waals surface area contributed by atoms with E-state index in [1.54, 1.807) is 6.92 Å². The van der Waals surface area contributed by atoms with Crippen LogP contribution in [0.25, 0.3) is 0 Å². The van der Waals surface area contributed by atoms with E-state index in [9.17, 15) is 9.18 Å². The number of rotatable bonds is 6. The van der Waals surface area contributed by atoms with E-state index in [-0.39, 0.29) is 17.0 Å². The number of benzene rings is 2. The first-order valence-electron chi connectivity index (χ1n) is 7.68. The van der Waals surface area contributed by atoms with Crippen molar-refractivity contribution in [1.29, 1.82) is 0 Å². The predicted molar refractivity (Wildman–Crippen MR) is 99.8 cm³/mol. The summed E-state index contributed by atoms with van der Waals surface area (Å²) in [5.74, 6) is -0.662. The molecule has 2 aromatic rings. The third kappa shape index (κ3) is 5.03. The van der Waals surface area contributed by atoms with E-state index in [1.165, 1.54) is 18.2 Å². The molecule has 0 aliphatic rings. The molecular weight excluding hydrogens is 395 g/mol. The van der Waals surface area contributed by atoms with Crippen molar-refractivity contribution in [1.82, 2.24) is 5.32 Å². The summed E-state index contributed by atoms with van der Waals surface area (Å²) in [6.45, 7) is 3.84. The minimum Gasteiger partial charge on any atom is -0.323 e. The Kier molecular flexibility index (Phi) is 6.78. The largest absolute Gasteiger partial charge is 0.323 e. The quantitative estimate of drug-likeness (QED) is 0.674. The zero-order chi connectivity index (χ0) is 17.7. The lowest BCUT2D eigenvalue weighted by Gasteiger charge is -2.22. The van der Waals surface area contributed by atoms with Crippen LogP contribution in [0.4, 0.5) is 10.1 Å². The van der Waals surface area contributed by atoms with Crippen LogP contribution in [0.5, 0.6) is 0 Å². The Morgan fingerprint density at radius 1 is 1.25 bits per heavy atom. The fraction of sp³-hybridized carbons (Fsp3) is 0.278. The monoisotopic (exact) mass is 412 g/mol. The molecular formula is C18H19BrClFN2O. The summed E-state index contributed by atoms with van der Waals surface area (Å²) in [6.07, 6.45) is 0.844. The molecule has 2 atom stereocenters. The molecule has 6 heteroatoms. The van der Waals surface area contributed by atoms with Crippen LogP contribution in [0, 0.1) is 5.82 Å². The van der Waals surface area contributed by atoms with Crippen molar-refractivity contribution in [3.8, 4) is 0 Å². The minimum atomic E-state index is -0.439. The lowest BCUT2D eigenvalue weighted by atomic mass is 10.0. The smallest absolute Gasteiger partial charge is 0.241 e. The Morgan fingerprint density at radius 2 is 1.92 bits per heavy atom. The van der Waals surface area contributed by atoms with E-state index in [0.29, 0.717) is 5.69 Å². The van der Waals surface area contributed by atoms with E-state index in [0.717, 1.165) is 16.5 Å². The zero-order valence-electron chi connectivity index (χ0n) is 13.4. The second-order valence-electron chi connectivity index (χ2n) is 5.51. The van der Waals surface area contributed by atoms with Crippen LogP contribution in [-0.4, -0.2) is 11.9 Å². The Hall–Kier alpha value is -1.43. The molecule has 0 saturated heterocycles. The van der Waals surface area contributed by atoms with E-state index >= 15 is 0 Å². The van der Waals surface area contributed by atoms with Crippen molar-refractivity contribution < 1.29 is 9.18 Å². The predicted octanol–water partition coefficient (Wildman–Crippen LogP) is 5.31. The van der Waals surface area contributed by atoms with Crippen LogP contribution < -0.4 is 10.6 Å². The lowest BCUT2D eigenvalue weighted by molar-refractivity contribution is -0.118. The van der Waals surface area contributed by atoms with E-state index < -0.39 is 11.9 Å². The van der Waals surface area contributed by atoms with Crippen molar-refractivity contribution in [2.45, 2.75) is 32.4 Å². The van der Waals surface area contributed by atoms with Crippen molar-refractivity contribution in [3.63, 3.8) is 0 Å². The summed E-state index contributed by atoms with van der Waals surface area (Å²) in [4.78, 5) is 12.4. The molecule has 0 fully saturated rings. The maximum atomic E-state index is 13.1. The molecule has 0 aliphatic heterocycles. The van der Waals surface area contributed by atoms with Crippen LogP contribution in [-0.2, 0) is 4.79 Å². The Labute approximate surface area is 154 Å². The summed E-state index contributed by atoms with van der Waals surface area (Å²) in [7, 11) is 0. The Bertz CT molecular complexity index is 709. The van der Waals surface area contributed by atoms with Gasteiger partial charge in [0.15, 0.2) is 0 Å². The van der Waals surface area contributed by atoms with Crippen LogP contribution in [0.3, 0.4) is 0 Å². The van der Waals surface area contributed by atoms with Gasteiger partial charge in [0.1, 0.15) is 5.82 Å². The molecule has 24 heavy (non-hydrogen) atoms. The Balaban J connectivity index is 2.02. The standard InChI is InChI=1S/C18H19BrClFN2O/c1-3-16(12-4-6-13(19)7-5-12)22-11(2)18(24)23-17-9-8-14(21)10-15(17)20/h4-11,16,22H,3H2,1-2H3,(H,23,24)/t11-,16+/m0/s1. The van der Waals surface area contributed by atoms with Gasteiger partial charge in [0.25, 0.3) is 0 Å². The fourth-order valence-corrected chi connectivity index (χ4v) is 2.83. The molecule has 0 bridgehead atoms. The first-order chi connectivity index (χ1) is 11.4. The zero-order valence-corrected chi connectivity index (χ0v) is 15.8. The van der Waals surface area contributed by atoms with Crippen molar-refractivity contribution in [3.05, 3.63) is 63.3 Å². The molecule has 2 rings (SSSR count). The van der Waals surface area contributed by atoms with Gasteiger partial charge in [0.2, 0.25) is 5.91 Å². The molecule has 0 unspecified atom stereocenters. The van der Waals surface area contributed by atoms with Gasteiger partial charge >= 0.3 is 0 Å². The van der Waals surface area contributed by atoms with E-state index in [2.05, 4.69) is 33.5 Å². The van der Waals surface area contributed by atoms with Gasteiger partial charge in [-0.1, -0.05) is 46.6 Å². The summed E-state index contributed by atoms with van der Waals surface area (Å²) in [5.41, 5.74) is 1.51. The van der Waals surface area contributed by atoms with Crippen LogP contribution in [0.1, 0.15) is 31.9 Å². The van der Waals surface area contributed by atoms with E-state index in [4.69, 9.17) is 11.6 Å². The van der Waals surface area contributed by atoms with Crippen LogP contribution in [0.2, 0.25) is 5.02 Å². The fourth-order valence-electron chi connectivity index (χ4n) is 2.35. The molecule has 0 aliphatic carbocycles. The Morgan fingerprint density at radius 3 is 2.50 bits per heavy atom. The minimum absolute atomic E-state index is 0.0579. The van der Waals surface area contributed by atoms with Crippen molar-refractivity contribution in [2.24, 2.45) is 0 Å². The maximum Gasteiger partial charge on any atom is 0.241 e. The highest BCUT2D eigenvalue weighted by Crippen LogP contribution is 2.23. The summed E-state index contributed by atoms with van der Waals surface area (Å²) < 4.78 is 14.1. The molecule has 0 spiro atoms. The summed E-state index contributed by atoms with van der Waals surface area (Å²) >= 11 is 9.36. The molecule has 3 nitrogen and oxygen atoms in total. The normalized spacial score (nSPS) is 13.4. The number of carbonyl (C=O) groups excluding carboxylic acids is 1. The second kappa shape index (κ2) is 8.60. The van der Waals surface area contributed by atoms with Crippen LogP contribution >= 0.6 is 27.5 Å². The van der Waals surface area contributed by atoms with Gasteiger partial charge in [0, 0.05) is 10.5 Å². The molecule has 2 aromatic carbocycles. The topological polar surface area (TPSA) is 41.1 Å². The molecule has 0 heterocycles. The first kappa shape index (κ1) is 18.9. The highest BCUT2D eigenvalue weighted by Gasteiger charge is 2.19. The lowest BCUT2D eigenvalue weighted by Crippen LogP contribution is -2.40. The number of halogens is 3. The average molecular weight is 414 g/mol. The molecule has 2 N–H and O–H groups in total. The molecule has 0 saturated carbocycles. The number of hydrogen-bond acceptors (Lipinski definition) is 2. The molecule has 0 radical (unpaired) electrons. The van der Waals surface area contributed by atoms with Gasteiger partial charge in [0.05, 0.1) is 16.8 Å². The van der Waals surface area contributed by atoms with E-state index in [1.807, 2.05) is 24.3 Å². The van der Waals surface area contributed by atoms with Crippen molar-refractivity contribution >= 4 is 39.1 Å².